The largest absolute Gasteiger partial charge is 0.444 e. The molecule has 0 unspecified atom stereocenters. The van der Waals surface area contributed by atoms with Crippen molar-refractivity contribution in [2.45, 2.75) is 32.7 Å². The fourth-order valence-electron chi connectivity index (χ4n) is 2.86. The molecule has 3 rings (SSSR count). The van der Waals surface area contributed by atoms with Crippen molar-refractivity contribution in [2.75, 3.05) is 13.1 Å². The first kappa shape index (κ1) is 16.2. The molecule has 1 atom stereocenters. The maximum Gasteiger partial charge on any atom is 0.276 e. The van der Waals surface area contributed by atoms with Crippen molar-refractivity contribution in [1.82, 2.24) is 20.2 Å². The van der Waals surface area contributed by atoms with Gasteiger partial charge in [0.1, 0.15) is 12.3 Å². The number of carbonyl (C=O) groups excluding carboxylic acids is 2. The van der Waals surface area contributed by atoms with Crippen LogP contribution in [0.25, 0.3) is 11.5 Å². The van der Waals surface area contributed by atoms with Crippen molar-refractivity contribution >= 4 is 11.8 Å². The average Bonchev–Trinajstić information content (AvgIpc) is 2.99. The summed E-state index contributed by atoms with van der Waals surface area (Å²) in [5, 5.41) is 2.84. The number of hydrogen-bond donors (Lipinski definition) is 1. The van der Waals surface area contributed by atoms with Crippen LogP contribution >= 0.6 is 0 Å². The van der Waals surface area contributed by atoms with Gasteiger partial charge in [0.25, 0.3) is 5.91 Å². The Bertz CT molecular complexity index is 756. The molecular formula is C17H20N4O3. The zero-order valence-electron chi connectivity index (χ0n) is 13.8. The van der Waals surface area contributed by atoms with E-state index in [1.165, 1.54) is 6.26 Å². The minimum Gasteiger partial charge on any atom is -0.444 e. The highest BCUT2D eigenvalue weighted by Gasteiger charge is 2.32. The fourth-order valence-corrected chi connectivity index (χ4v) is 2.86. The molecule has 3 heterocycles. The fraction of sp³-hybridized carbons (Fsp3) is 0.412. The van der Waals surface area contributed by atoms with E-state index in [9.17, 15) is 9.59 Å². The number of oxazole rings is 1. The van der Waals surface area contributed by atoms with Crippen LogP contribution in [-0.4, -0.2) is 45.8 Å². The SMILES string of the molecule is CC[C@H]1C(=O)NCCCN1C(=O)c1coc(-c2ccnc(C)c2)n1. The molecule has 2 aromatic heterocycles. The van der Waals surface area contributed by atoms with Gasteiger partial charge in [0.2, 0.25) is 11.8 Å². The lowest BCUT2D eigenvalue weighted by Crippen LogP contribution is -2.46. The Morgan fingerprint density at radius 2 is 2.33 bits per heavy atom. The standard InChI is InChI=1S/C17H20N4O3/c1-3-14-15(22)19-6-4-8-21(14)17(23)13-10-24-16(20-13)12-5-7-18-11(2)9-12/h5,7,9-10,14H,3-4,6,8H2,1-2H3,(H,19,22)/t14-/m0/s1. The highest BCUT2D eigenvalue weighted by Crippen LogP contribution is 2.20. The molecule has 0 saturated carbocycles. The predicted octanol–water partition coefficient (Wildman–Crippen LogP) is 1.79. The molecule has 1 saturated heterocycles. The van der Waals surface area contributed by atoms with Crippen LogP contribution in [0.2, 0.25) is 0 Å². The van der Waals surface area contributed by atoms with E-state index in [2.05, 4.69) is 15.3 Å². The van der Waals surface area contributed by atoms with Gasteiger partial charge in [-0.25, -0.2) is 4.98 Å². The van der Waals surface area contributed by atoms with E-state index in [0.717, 1.165) is 17.7 Å². The van der Waals surface area contributed by atoms with Crippen LogP contribution in [0.15, 0.2) is 29.0 Å². The summed E-state index contributed by atoms with van der Waals surface area (Å²) in [5.41, 5.74) is 1.82. The van der Waals surface area contributed by atoms with Gasteiger partial charge in [-0.15, -0.1) is 0 Å². The monoisotopic (exact) mass is 328 g/mol. The molecule has 2 amide bonds. The van der Waals surface area contributed by atoms with Gasteiger partial charge in [0.15, 0.2) is 5.69 Å². The number of nitrogens with one attached hydrogen (secondary N) is 1. The maximum atomic E-state index is 12.8. The molecule has 0 radical (unpaired) electrons. The molecular weight excluding hydrogens is 308 g/mol. The first-order valence-electron chi connectivity index (χ1n) is 8.07. The van der Waals surface area contributed by atoms with Gasteiger partial charge in [-0.3, -0.25) is 14.6 Å². The molecule has 126 valence electrons. The Balaban J connectivity index is 1.86. The van der Waals surface area contributed by atoms with Gasteiger partial charge in [0.05, 0.1) is 0 Å². The zero-order valence-corrected chi connectivity index (χ0v) is 13.8. The van der Waals surface area contributed by atoms with Crippen molar-refractivity contribution in [2.24, 2.45) is 0 Å². The first-order chi connectivity index (χ1) is 11.6. The number of carbonyl (C=O) groups is 2. The molecule has 7 nitrogen and oxygen atoms in total. The van der Waals surface area contributed by atoms with E-state index >= 15 is 0 Å². The number of hydrogen-bond acceptors (Lipinski definition) is 5. The van der Waals surface area contributed by atoms with Gasteiger partial charge in [-0.05, 0) is 31.9 Å². The zero-order chi connectivity index (χ0) is 17.1. The third-order valence-electron chi connectivity index (χ3n) is 4.07. The van der Waals surface area contributed by atoms with Crippen LogP contribution in [0.4, 0.5) is 0 Å². The van der Waals surface area contributed by atoms with Crippen molar-refractivity contribution in [3.05, 3.63) is 36.0 Å². The summed E-state index contributed by atoms with van der Waals surface area (Å²) in [4.78, 5) is 34.9. The average molecular weight is 328 g/mol. The Hall–Kier alpha value is -2.70. The smallest absolute Gasteiger partial charge is 0.276 e. The van der Waals surface area contributed by atoms with Crippen LogP contribution in [0.1, 0.15) is 35.9 Å². The van der Waals surface area contributed by atoms with Crippen molar-refractivity contribution < 1.29 is 14.0 Å². The van der Waals surface area contributed by atoms with Gasteiger partial charge in [0, 0.05) is 30.5 Å². The van der Waals surface area contributed by atoms with Gasteiger partial charge < -0.3 is 14.6 Å². The summed E-state index contributed by atoms with van der Waals surface area (Å²) in [6.45, 7) is 4.87. The van der Waals surface area contributed by atoms with Gasteiger partial charge >= 0.3 is 0 Å². The van der Waals surface area contributed by atoms with Gasteiger partial charge in [-0.1, -0.05) is 6.92 Å². The maximum absolute atomic E-state index is 12.8. The van der Waals surface area contributed by atoms with E-state index in [1.54, 1.807) is 17.2 Å². The molecule has 2 aromatic rings. The molecule has 1 aliphatic rings. The van der Waals surface area contributed by atoms with Gasteiger partial charge in [-0.2, -0.15) is 0 Å². The van der Waals surface area contributed by atoms with E-state index < -0.39 is 6.04 Å². The summed E-state index contributed by atoms with van der Waals surface area (Å²) in [6.07, 6.45) is 4.31. The van der Waals surface area contributed by atoms with Crippen LogP contribution in [0.5, 0.6) is 0 Å². The quantitative estimate of drug-likeness (QED) is 0.928. The lowest BCUT2D eigenvalue weighted by molar-refractivity contribution is -0.124. The number of aromatic nitrogens is 2. The Morgan fingerprint density at radius 3 is 3.08 bits per heavy atom. The van der Waals surface area contributed by atoms with Crippen LogP contribution in [0.3, 0.4) is 0 Å². The van der Waals surface area contributed by atoms with Crippen molar-refractivity contribution in [3.8, 4) is 11.5 Å². The lowest BCUT2D eigenvalue weighted by atomic mass is 10.1. The van der Waals surface area contributed by atoms with Crippen LogP contribution in [0, 0.1) is 6.92 Å². The van der Waals surface area contributed by atoms with Crippen LogP contribution in [-0.2, 0) is 4.79 Å². The molecule has 7 heteroatoms. The number of pyridine rings is 1. The molecule has 0 aliphatic carbocycles. The topological polar surface area (TPSA) is 88.3 Å². The number of nitrogens with zero attached hydrogens (tertiary/aromatic N) is 3. The summed E-state index contributed by atoms with van der Waals surface area (Å²) < 4.78 is 5.46. The summed E-state index contributed by atoms with van der Waals surface area (Å²) in [7, 11) is 0. The minimum atomic E-state index is -0.469. The van der Waals surface area contributed by atoms with E-state index in [1.807, 2.05) is 19.9 Å². The summed E-state index contributed by atoms with van der Waals surface area (Å²) >= 11 is 0. The van der Waals surface area contributed by atoms with E-state index in [4.69, 9.17) is 4.42 Å². The lowest BCUT2D eigenvalue weighted by Gasteiger charge is -2.26. The normalized spacial score (nSPS) is 18.2. The molecule has 0 bridgehead atoms. The molecule has 1 N–H and O–H groups in total. The predicted molar refractivity (Wildman–Crippen MR) is 87.2 cm³/mol. The first-order valence-corrected chi connectivity index (χ1v) is 8.07. The summed E-state index contributed by atoms with van der Waals surface area (Å²) in [6, 6.07) is 3.15. The highest BCUT2D eigenvalue weighted by atomic mass is 16.3. The Kier molecular flexibility index (Phi) is 4.59. The van der Waals surface area contributed by atoms with E-state index in [0.29, 0.717) is 25.4 Å². The molecule has 24 heavy (non-hydrogen) atoms. The second-order valence-corrected chi connectivity index (χ2v) is 5.79. The third kappa shape index (κ3) is 3.15. The second kappa shape index (κ2) is 6.82. The highest BCUT2D eigenvalue weighted by molar-refractivity contribution is 5.96. The van der Waals surface area contributed by atoms with E-state index in [-0.39, 0.29) is 17.5 Å². The van der Waals surface area contributed by atoms with Crippen molar-refractivity contribution in [3.63, 3.8) is 0 Å². The summed E-state index contributed by atoms with van der Waals surface area (Å²) in [5.74, 6) is -0.0207. The number of rotatable bonds is 3. The molecule has 0 spiro atoms. The van der Waals surface area contributed by atoms with Crippen LogP contribution < -0.4 is 5.32 Å². The molecule has 1 aliphatic heterocycles. The third-order valence-corrected chi connectivity index (χ3v) is 4.07. The molecule has 0 aromatic carbocycles. The number of aryl methyl sites for hydroxylation is 1. The molecule has 1 fully saturated rings. The second-order valence-electron chi connectivity index (χ2n) is 5.79. The van der Waals surface area contributed by atoms with Crippen molar-refractivity contribution in [1.29, 1.82) is 0 Å². The Labute approximate surface area is 140 Å². The Morgan fingerprint density at radius 1 is 1.50 bits per heavy atom. The minimum absolute atomic E-state index is 0.114. The number of amides is 2.